The highest BCUT2D eigenvalue weighted by atomic mass is 16.6. The summed E-state index contributed by atoms with van der Waals surface area (Å²) in [6, 6.07) is 13.6. The summed E-state index contributed by atoms with van der Waals surface area (Å²) in [5, 5.41) is 16.7. The maximum atomic E-state index is 14.6. The van der Waals surface area contributed by atoms with E-state index in [4.69, 9.17) is 4.74 Å². The van der Waals surface area contributed by atoms with Crippen molar-refractivity contribution in [2.45, 2.75) is 111 Å². The first-order valence-corrected chi connectivity index (χ1v) is 15.2. The minimum atomic E-state index is -1.10. The lowest BCUT2D eigenvalue weighted by atomic mass is 9.95. The van der Waals surface area contributed by atoms with E-state index in [2.05, 4.69) is 31.4 Å². The van der Waals surface area contributed by atoms with Crippen LogP contribution in [0, 0.1) is 5.92 Å². The van der Waals surface area contributed by atoms with Crippen LogP contribution in [0.4, 0.5) is 4.79 Å². The maximum absolute atomic E-state index is 14.6. The van der Waals surface area contributed by atoms with Gasteiger partial charge in [0.05, 0.1) is 0 Å². The summed E-state index contributed by atoms with van der Waals surface area (Å²) in [4.78, 5) is 43.1. The van der Waals surface area contributed by atoms with Crippen molar-refractivity contribution in [2.75, 3.05) is 6.54 Å². The normalized spacial score (nSPS) is 13.6. The maximum Gasteiger partial charge on any atom is 0.408 e. The van der Waals surface area contributed by atoms with E-state index in [1.165, 1.54) is 6.07 Å². The van der Waals surface area contributed by atoms with Gasteiger partial charge in [-0.3, -0.25) is 9.59 Å². The molecule has 0 radical (unpaired) electrons. The highest BCUT2D eigenvalue weighted by Crippen LogP contribution is 2.33. The molecule has 0 aliphatic carbocycles. The van der Waals surface area contributed by atoms with Crippen LogP contribution < -0.4 is 10.6 Å². The molecule has 2 aromatic carbocycles. The Morgan fingerprint density at radius 3 is 2.17 bits per heavy atom. The van der Waals surface area contributed by atoms with Crippen molar-refractivity contribution in [2.24, 2.45) is 5.92 Å². The van der Waals surface area contributed by atoms with Gasteiger partial charge in [0.25, 0.3) is 0 Å². The zero-order valence-electron chi connectivity index (χ0n) is 26.5. The monoisotopic (exact) mass is 581 g/mol. The summed E-state index contributed by atoms with van der Waals surface area (Å²) in [6.07, 6.45) is 3.75. The number of aromatic hydroxyl groups is 1. The number of carbonyl (C=O) groups is 3. The summed E-state index contributed by atoms with van der Waals surface area (Å²) in [6.45, 7) is 14.0. The molecule has 0 saturated carbocycles. The minimum absolute atomic E-state index is 0.0696. The molecular formula is C34H51N3O5. The number of amides is 3. The molecule has 8 nitrogen and oxygen atoms in total. The first-order chi connectivity index (χ1) is 19.8. The molecule has 2 aromatic rings. The fourth-order valence-corrected chi connectivity index (χ4v) is 4.81. The molecule has 0 saturated heterocycles. The number of nitrogens with zero attached hydrogens (tertiary/aromatic N) is 1. The number of rotatable bonds is 15. The Hall–Kier alpha value is -3.55. The van der Waals surface area contributed by atoms with E-state index >= 15 is 0 Å². The van der Waals surface area contributed by atoms with Gasteiger partial charge in [0, 0.05) is 24.6 Å². The summed E-state index contributed by atoms with van der Waals surface area (Å²) in [5.74, 6) is -0.471. The molecule has 0 fully saturated rings. The van der Waals surface area contributed by atoms with Crippen LogP contribution in [0.3, 0.4) is 0 Å². The molecule has 0 aromatic heterocycles. The zero-order valence-corrected chi connectivity index (χ0v) is 26.5. The van der Waals surface area contributed by atoms with Gasteiger partial charge in [-0.05, 0) is 64.5 Å². The number of alkyl carbamates (subject to hydrolysis) is 1. The molecule has 3 N–H and O–H groups in total. The Bertz CT molecular complexity index is 1130. The molecule has 2 rings (SSSR count). The van der Waals surface area contributed by atoms with Gasteiger partial charge in [0.2, 0.25) is 11.8 Å². The van der Waals surface area contributed by atoms with E-state index in [0.29, 0.717) is 24.4 Å². The number of ether oxygens (including phenoxy) is 1. The standard InChI is InChI=1S/C34H51N3O5/c1-8-9-15-22-35-31(39)30(27-18-13-14-19-29(27)38)37(25(4)21-20-24(2)3)32(40)28(23-26-16-11-10-12-17-26)36-33(41)42-34(5,6)7/h10-14,16-19,24-25,28,30,38H,8-9,15,20-23H2,1-7H3,(H,35,39)(H,36,41). The highest BCUT2D eigenvalue weighted by Gasteiger charge is 2.39. The highest BCUT2D eigenvalue weighted by molar-refractivity contribution is 5.93. The van der Waals surface area contributed by atoms with Gasteiger partial charge in [-0.25, -0.2) is 4.79 Å². The number of nitrogens with one attached hydrogen (secondary N) is 2. The Morgan fingerprint density at radius 2 is 1.57 bits per heavy atom. The molecule has 0 spiro atoms. The topological polar surface area (TPSA) is 108 Å². The van der Waals surface area contributed by atoms with E-state index in [9.17, 15) is 19.5 Å². The number of benzene rings is 2. The molecule has 3 atom stereocenters. The van der Waals surface area contributed by atoms with Crippen LogP contribution in [0.5, 0.6) is 5.75 Å². The third kappa shape index (κ3) is 11.4. The summed E-state index contributed by atoms with van der Waals surface area (Å²) >= 11 is 0. The van der Waals surface area contributed by atoms with Crippen molar-refractivity contribution >= 4 is 17.9 Å². The number of phenolic OH excluding ortho intramolecular Hbond substituents is 1. The van der Waals surface area contributed by atoms with Gasteiger partial charge in [0.15, 0.2) is 0 Å². The first kappa shape index (κ1) is 34.7. The molecule has 232 valence electrons. The predicted molar refractivity (Wildman–Crippen MR) is 167 cm³/mol. The van der Waals surface area contributed by atoms with Crippen LogP contribution >= 0.6 is 0 Å². The predicted octanol–water partition coefficient (Wildman–Crippen LogP) is 6.53. The fraction of sp³-hybridized carbons (Fsp3) is 0.559. The van der Waals surface area contributed by atoms with Crippen molar-refractivity contribution in [3.63, 3.8) is 0 Å². The van der Waals surface area contributed by atoms with Gasteiger partial charge in [-0.2, -0.15) is 0 Å². The molecule has 0 heterocycles. The second-order valence-electron chi connectivity index (χ2n) is 12.4. The largest absolute Gasteiger partial charge is 0.508 e. The minimum Gasteiger partial charge on any atom is -0.508 e. The van der Waals surface area contributed by atoms with Crippen molar-refractivity contribution in [3.05, 3.63) is 65.7 Å². The van der Waals surface area contributed by atoms with Crippen molar-refractivity contribution < 1.29 is 24.2 Å². The Labute approximate surface area is 252 Å². The lowest BCUT2D eigenvalue weighted by Gasteiger charge is -2.39. The molecule has 3 unspecified atom stereocenters. The Balaban J connectivity index is 2.60. The van der Waals surface area contributed by atoms with Gasteiger partial charge in [0.1, 0.15) is 23.4 Å². The van der Waals surface area contributed by atoms with E-state index < -0.39 is 29.7 Å². The van der Waals surface area contributed by atoms with Crippen molar-refractivity contribution in [1.82, 2.24) is 15.5 Å². The third-order valence-corrected chi connectivity index (χ3v) is 7.00. The van der Waals surface area contributed by atoms with E-state index in [0.717, 1.165) is 31.2 Å². The molecule has 3 amide bonds. The Morgan fingerprint density at radius 1 is 0.929 bits per heavy atom. The first-order valence-electron chi connectivity index (χ1n) is 15.2. The lowest BCUT2D eigenvalue weighted by Crippen LogP contribution is -2.56. The van der Waals surface area contributed by atoms with Gasteiger partial charge in [-0.15, -0.1) is 0 Å². The third-order valence-electron chi connectivity index (χ3n) is 7.00. The zero-order chi connectivity index (χ0) is 31.3. The van der Waals surface area contributed by atoms with E-state index in [1.807, 2.05) is 37.3 Å². The summed E-state index contributed by atoms with van der Waals surface area (Å²) < 4.78 is 5.52. The number of phenols is 1. The van der Waals surface area contributed by atoms with Gasteiger partial charge in [-0.1, -0.05) is 82.1 Å². The van der Waals surface area contributed by atoms with Gasteiger partial charge >= 0.3 is 6.09 Å². The smallest absolute Gasteiger partial charge is 0.408 e. The van der Waals surface area contributed by atoms with Crippen LogP contribution in [0.1, 0.15) is 97.7 Å². The number of carbonyl (C=O) groups excluding carboxylic acids is 3. The Kier molecular flexibility index (Phi) is 13.8. The number of unbranched alkanes of at least 4 members (excludes halogenated alkanes) is 2. The van der Waals surface area contributed by atoms with Crippen LogP contribution in [-0.2, 0) is 20.7 Å². The molecule has 42 heavy (non-hydrogen) atoms. The van der Waals surface area contributed by atoms with Crippen LogP contribution in [0.2, 0.25) is 0 Å². The number of hydrogen-bond donors (Lipinski definition) is 3. The van der Waals surface area contributed by atoms with Crippen LogP contribution in [-0.4, -0.2) is 52.1 Å². The van der Waals surface area contributed by atoms with E-state index in [1.54, 1.807) is 43.9 Å². The molecular weight excluding hydrogens is 530 g/mol. The van der Waals surface area contributed by atoms with Crippen molar-refractivity contribution in [1.29, 1.82) is 0 Å². The van der Waals surface area contributed by atoms with Crippen LogP contribution in [0.25, 0.3) is 0 Å². The molecule has 0 bridgehead atoms. The summed E-state index contributed by atoms with van der Waals surface area (Å²) in [5.41, 5.74) is 0.432. The second-order valence-corrected chi connectivity index (χ2v) is 12.4. The second kappa shape index (κ2) is 16.8. The number of hydrogen-bond acceptors (Lipinski definition) is 5. The fourth-order valence-electron chi connectivity index (χ4n) is 4.81. The lowest BCUT2D eigenvalue weighted by molar-refractivity contribution is -0.145. The van der Waals surface area contributed by atoms with Crippen molar-refractivity contribution in [3.8, 4) is 5.75 Å². The molecule has 0 aliphatic rings. The molecule has 0 aliphatic heterocycles. The number of para-hydroxylation sites is 1. The molecule has 8 heteroatoms. The average Bonchev–Trinajstić information content (AvgIpc) is 2.92. The summed E-state index contributed by atoms with van der Waals surface area (Å²) in [7, 11) is 0. The van der Waals surface area contributed by atoms with Crippen LogP contribution in [0.15, 0.2) is 54.6 Å². The van der Waals surface area contributed by atoms with Gasteiger partial charge < -0.3 is 25.4 Å². The quantitative estimate of drug-likeness (QED) is 0.207. The average molecular weight is 582 g/mol. The SMILES string of the molecule is CCCCCNC(=O)C(c1ccccc1O)N(C(=O)C(Cc1ccccc1)NC(=O)OC(C)(C)C)C(C)CCC(C)C. The van der Waals surface area contributed by atoms with E-state index in [-0.39, 0.29) is 24.1 Å².